The molecule has 6 nitrogen and oxygen atoms in total. The van der Waals surface area contributed by atoms with Crippen LogP contribution in [0, 0.1) is 0 Å². The first-order valence-corrected chi connectivity index (χ1v) is 7.35. The van der Waals surface area contributed by atoms with Crippen LogP contribution in [0.5, 0.6) is 0 Å². The zero-order valence-electron chi connectivity index (χ0n) is 10.7. The second kappa shape index (κ2) is 6.84. The molecular weight excluding hydrogens is 285 g/mol. The fourth-order valence-corrected chi connectivity index (χ4v) is 2.51. The highest BCUT2D eigenvalue weighted by Crippen LogP contribution is 2.13. The molecule has 19 heavy (non-hydrogen) atoms. The predicted octanol–water partition coefficient (Wildman–Crippen LogP) is -0.780. The average molecular weight is 304 g/mol. The van der Waals surface area contributed by atoms with E-state index in [1.54, 1.807) is 0 Å². The topological polar surface area (TPSA) is 64.7 Å². The van der Waals surface area contributed by atoms with E-state index in [0.29, 0.717) is 6.54 Å². The Labute approximate surface area is 111 Å². The van der Waals surface area contributed by atoms with Gasteiger partial charge in [0.2, 0.25) is 0 Å². The number of piperazine rings is 1. The van der Waals surface area contributed by atoms with E-state index in [0.717, 1.165) is 30.5 Å². The summed E-state index contributed by atoms with van der Waals surface area (Å²) in [4.78, 5) is 2.06. The molecule has 0 bridgehead atoms. The molecule has 2 N–H and O–H groups in total. The van der Waals surface area contributed by atoms with Gasteiger partial charge in [0.15, 0.2) is 0 Å². The molecule has 1 aliphatic heterocycles. The van der Waals surface area contributed by atoms with Gasteiger partial charge in [-0.05, 0) is 0 Å². The molecule has 1 fully saturated rings. The number of alkyl halides is 3. The minimum atomic E-state index is -4.55. The van der Waals surface area contributed by atoms with Gasteiger partial charge in [0.25, 0.3) is 10.2 Å². The fourth-order valence-electron chi connectivity index (χ4n) is 1.62. The molecule has 0 aromatic carbocycles. The molecule has 0 saturated carbocycles. The first kappa shape index (κ1) is 16.6. The lowest BCUT2D eigenvalue weighted by molar-refractivity contribution is -0.121. The van der Waals surface area contributed by atoms with E-state index in [1.165, 1.54) is 11.8 Å². The number of hydrogen-bond acceptors (Lipinski definition) is 4. The molecule has 1 heterocycles. The third-order valence-corrected chi connectivity index (χ3v) is 4.32. The summed E-state index contributed by atoms with van der Waals surface area (Å²) in [6, 6.07) is 0. The van der Waals surface area contributed by atoms with Gasteiger partial charge in [0.05, 0.1) is 0 Å². The second-order valence-corrected chi connectivity index (χ2v) is 6.22. The van der Waals surface area contributed by atoms with Crippen molar-refractivity contribution in [3.05, 3.63) is 0 Å². The van der Waals surface area contributed by atoms with Crippen molar-refractivity contribution in [2.75, 3.05) is 52.9 Å². The molecule has 0 radical (unpaired) electrons. The molecule has 114 valence electrons. The fraction of sp³-hybridized carbons (Fsp3) is 1.00. The molecule has 1 saturated heterocycles. The van der Waals surface area contributed by atoms with Crippen LogP contribution in [0.15, 0.2) is 0 Å². The van der Waals surface area contributed by atoms with Crippen molar-refractivity contribution < 1.29 is 21.6 Å². The number of halogens is 3. The quantitative estimate of drug-likeness (QED) is 0.676. The van der Waals surface area contributed by atoms with Gasteiger partial charge in [0.1, 0.15) is 6.54 Å². The lowest BCUT2D eigenvalue weighted by atomic mass is 10.3. The van der Waals surface area contributed by atoms with Gasteiger partial charge in [0, 0.05) is 46.3 Å². The molecular formula is C9H19F3N4O2S. The van der Waals surface area contributed by atoms with Crippen molar-refractivity contribution in [1.29, 1.82) is 0 Å². The largest absolute Gasteiger partial charge is 0.402 e. The molecule has 0 atom stereocenters. The number of nitrogens with one attached hydrogen (secondary N) is 2. The van der Waals surface area contributed by atoms with Crippen LogP contribution < -0.4 is 10.0 Å². The number of rotatable bonds is 6. The summed E-state index contributed by atoms with van der Waals surface area (Å²) in [7, 11) is -2.81. The van der Waals surface area contributed by atoms with Gasteiger partial charge < -0.3 is 5.32 Å². The smallest absolute Gasteiger partial charge is 0.314 e. The summed E-state index contributed by atoms with van der Waals surface area (Å²) in [6.07, 6.45) is -4.55. The maximum Gasteiger partial charge on any atom is 0.402 e. The van der Waals surface area contributed by atoms with E-state index in [1.807, 2.05) is 0 Å². The SMILES string of the molecule is CN(CCN1CCNCC1)S(=O)(=O)NCC(F)(F)F. The Morgan fingerprint density at radius 2 is 1.89 bits per heavy atom. The molecule has 1 rings (SSSR count). The highest BCUT2D eigenvalue weighted by Gasteiger charge is 2.30. The predicted molar refractivity (Wildman–Crippen MR) is 64.9 cm³/mol. The van der Waals surface area contributed by atoms with Crippen molar-refractivity contribution in [2.45, 2.75) is 6.18 Å². The molecule has 0 aromatic rings. The van der Waals surface area contributed by atoms with Gasteiger partial charge >= 0.3 is 6.18 Å². The van der Waals surface area contributed by atoms with Crippen LogP contribution in [0.1, 0.15) is 0 Å². The first-order chi connectivity index (χ1) is 8.71. The van der Waals surface area contributed by atoms with Crippen molar-refractivity contribution in [2.24, 2.45) is 0 Å². The standard InChI is InChI=1S/C9H19F3N4O2S/c1-15(6-7-16-4-2-13-3-5-16)19(17,18)14-8-9(10,11)12/h13-14H,2-8H2,1H3. The minimum absolute atomic E-state index is 0.160. The third-order valence-electron chi connectivity index (χ3n) is 2.81. The Bertz CT molecular complexity index is 368. The highest BCUT2D eigenvalue weighted by atomic mass is 32.2. The van der Waals surface area contributed by atoms with Crippen LogP contribution in [-0.2, 0) is 10.2 Å². The number of hydrogen-bond donors (Lipinski definition) is 2. The van der Waals surface area contributed by atoms with E-state index in [2.05, 4.69) is 10.2 Å². The van der Waals surface area contributed by atoms with Crippen LogP contribution in [-0.4, -0.2) is 76.7 Å². The van der Waals surface area contributed by atoms with Gasteiger partial charge in [-0.3, -0.25) is 4.90 Å². The zero-order chi connectivity index (χ0) is 14.5. The average Bonchev–Trinajstić information content (AvgIpc) is 2.34. The van der Waals surface area contributed by atoms with Crippen molar-refractivity contribution in [3.63, 3.8) is 0 Å². The maximum atomic E-state index is 12.0. The van der Waals surface area contributed by atoms with Gasteiger partial charge in [-0.2, -0.15) is 30.6 Å². The lowest BCUT2D eigenvalue weighted by Gasteiger charge is -2.28. The molecule has 0 unspecified atom stereocenters. The second-order valence-electron chi connectivity index (χ2n) is 4.35. The van der Waals surface area contributed by atoms with Crippen LogP contribution in [0.25, 0.3) is 0 Å². The summed E-state index contributed by atoms with van der Waals surface area (Å²) >= 11 is 0. The maximum absolute atomic E-state index is 12.0. The normalized spacial score (nSPS) is 19.0. The molecule has 0 amide bonds. The Balaban J connectivity index is 2.36. The third kappa shape index (κ3) is 6.52. The summed E-state index contributed by atoms with van der Waals surface area (Å²) in [5.74, 6) is 0. The number of likely N-dealkylation sites (N-methyl/N-ethyl adjacent to an activating group) is 1. The molecule has 0 aliphatic carbocycles. The van der Waals surface area contributed by atoms with Crippen LogP contribution in [0.3, 0.4) is 0 Å². The van der Waals surface area contributed by atoms with E-state index in [4.69, 9.17) is 0 Å². The van der Waals surface area contributed by atoms with Crippen molar-refractivity contribution >= 4 is 10.2 Å². The van der Waals surface area contributed by atoms with Crippen LogP contribution in [0.2, 0.25) is 0 Å². The van der Waals surface area contributed by atoms with Crippen LogP contribution >= 0.6 is 0 Å². The van der Waals surface area contributed by atoms with E-state index < -0.39 is 22.9 Å². The van der Waals surface area contributed by atoms with Crippen molar-refractivity contribution in [1.82, 2.24) is 19.2 Å². The lowest BCUT2D eigenvalue weighted by Crippen LogP contribution is -2.48. The molecule has 10 heteroatoms. The van der Waals surface area contributed by atoms with E-state index in [-0.39, 0.29) is 6.54 Å². The Kier molecular flexibility index (Phi) is 5.99. The van der Waals surface area contributed by atoms with Gasteiger partial charge in [-0.25, -0.2) is 0 Å². The summed E-state index contributed by atoms with van der Waals surface area (Å²) in [5, 5.41) is 3.16. The first-order valence-electron chi connectivity index (χ1n) is 5.91. The Hall–Kier alpha value is -0.420. The summed E-state index contributed by atoms with van der Waals surface area (Å²) in [5.41, 5.74) is 0. The van der Waals surface area contributed by atoms with Gasteiger partial charge in [-0.1, -0.05) is 0 Å². The molecule has 1 aliphatic rings. The molecule has 0 spiro atoms. The minimum Gasteiger partial charge on any atom is -0.314 e. The van der Waals surface area contributed by atoms with E-state index in [9.17, 15) is 21.6 Å². The highest BCUT2D eigenvalue weighted by molar-refractivity contribution is 7.87. The number of nitrogens with zero attached hydrogens (tertiary/aromatic N) is 2. The summed E-state index contributed by atoms with van der Waals surface area (Å²) < 4.78 is 61.4. The zero-order valence-corrected chi connectivity index (χ0v) is 11.5. The summed E-state index contributed by atoms with van der Waals surface area (Å²) in [6.45, 7) is 2.41. The van der Waals surface area contributed by atoms with Crippen LogP contribution in [0.4, 0.5) is 13.2 Å². The van der Waals surface area contributed by atoms with Crippen molar-refractivity contribution in [3.8, 4) is 0 Å². The molecule has 0 aromatic heterocycles. The van der Waals surface area contributed by atoms with Gasteiger partial charge in [-0.15, -0.1) is 0 Å². The Morgan fingerprint density at radius 3 is 2.42 bits per heavy atom. The van der Waals surface area contributed by atoms with E-state index >= 15 is 0 Å². The Morgan fingerprint density at radius 1 is 1.32 bits per heavy atom. The monoisotopic (exact) mass is 304 g/mol.